The summed E-state index contributed by atoms with van der Waals surface area (Å²) < 4.78 is 5.25. The summed E-state index contributed by atoms with van der Waals surface area (Å²) in [6.07, 6.45) is 2.50. The molecule has 3 rings (SSSR count). The fraction of sp³-hybridized carbons (Fsp3) is 0.250. The Kier molecular flexibility index (Phi) is 5.31. The first kappa shape index (κ1) is 19.0. The quantitative estimate of drug-likeness (QED) is 0.562. The maximum atomic E-state index is 11.6. The summed E-state index contributed by atoms with van der Waals surface area (Å²) in [5.41, 5.74) is -2.47. The zero-order valence-corrected chi connectivity index (χ0v) is 14.4. The Labute approximate surface area is 156 Å². The second-order valence-corrected chi connectivity index (χ2v) is 5.87. The first-order valence-electron chi connectivity index (χ1n) is 8.17. The molecule has 1 aromatic heterocycles. The molecule has 12 nitrogen and oxygen atoms in total. The maximum Gasteiger partial charge on any atom is 0.357 e. The van der Waals surface area contributed by atoms with Crippen LogP contribution in [0.25, 0.3) is 12.2 Å². The minimum absolute atomic E-state index is 0.127. The third-order valence-corrected chi connectivity index (χ3v) is 4.12. The van der Waals surface area contributed by atoms with Crippen molar-refractivity contribution in [3.05, 3.63) is 70.5 Å². The molecule has 28 heavy (non-hydrogen) atoms. The van der Waals surface area contributed by atoms with E-state index in [2.05, 4.69) is 4.98 Å². The highest BCUT2D eigenvalue weighted by Gasteiger charge is 2.22. The van der Waals surface area contributed by atoms with Gasteiger partial charge in [0.2, 0.25) is 0 Å². The lowest BCUT2D eigenvalue weighted by atomic mass is 10.1. The summed E-state index contributed by atoms with van der Waals surface area (Å²) in [5.74, 6) is 0. The average molecular weight is 389 g/mol. The number of aromatic amines is 2. The standard InChI is InChI=1S/C16H15N5O7/c22-15-14(21(26)27)11(17-16(23)18-15)3-1-10-2-4-12(13(9-10)20(24)25)19-5-7-28-8-6-19/h1-4,9H,5-8H2,(H2,17,18,22,23). The topological polar surface area (TPSA) is 164 Å². The largest absolute Gasteiger partial charge is 0.378 e. The number of H-pyrrole nitrogens is 2. The van der Waals surface area contributed by atoms with E-state index in [1.165, 1.54) is 12.1 Å². The van der Waals surface area contributed by atoms with Crippen molar-refractivity contribution in [2.45, 2.75) is 0 Å². The number of morpholine rings is 1. The number of benzene rings is 1. The smallest absolute Gasteiger partial charge is 0.357 e. The van der Waals surface area contributed by atoms with Gasteiger partial charge in [-0.15, -0.1) is 0 Å². The number of hydrogen-bond acceptors (Lipinski definition) is 8. The van der Waals surface area contributed by atoms with Gasteiger partial charge in [0.05, 0.1) is 23.1 Å². The van der Waals surface area contributed by atoms with Crippen LogP contribution < -0.4 is 16.1 Å². The van der Waals surface area contributed by atoms with Gasteiger partial charge in [0.15, 0.2) is 0 Å². The molecule has 1 aliphatic heterocycles. The molecule has 0 aliphatic carbocycles. The fourth-order valence-corrected chi connectivity index (χ4v) is 2.84. The molecule has 2 heterocycles. The van der Waals surface area contributed by atoms with Crippen molar-refractivity contribution < 1.29 is 14.6 Å². The molecule has 0 atom stereocenters. The molecule has 2 aromatic rings. The van der Waals surface area contributed by atoms with E-state index < -0.39 is 26.8 Å². The van der Waals surface area contributed by atoms with Crippen LogP contribution in [-0.4, -0.2) is 46.1 Å². The van der Waals surface area contributed by atoms with Gasteiger partial charge in [0, 0.05) is 19.2 Å². The van der Waals surface area contributed by atoms with Gasteiger partial charge < -0.3 is 14.6 Å². The summed E-state index contributed by atoms with van der Waals surface area (Å²) in [5, 5.41) is 22.5. The van der Waals surface area contributed by atoms with E-state index in [1.54, 1.807) is 17.1 Å². The SMILES string of the molecule is O=c1[nH]c(C=Cc2ccc(N3CCOCC3)c([N+](=O)[O-])c2)c([N+](=O)[O-])c(=O)[nH]1. The molecule has 1 aromatic carbocycles. The van der Waals surface area contributed by atoms with Crippen LogP contribution in [0.4, 0.5) is 17.1 Å². The lowest BCUT2D eigenvalue weighted by molar-refractivity contribution is -0.386. The molecule has 1 aliphatic rings. The van der Waals surface area contributed by atoms with Crippen LogP contribution in [-0.2, 0) is 4.74 Å². The zero-order chi connectivity index (χ0) is 20.3. The Hall–Kier alpha value is -3.80. The lowest BCUT2D eigenvalue weighted by Gasteiger charge is -2.28. The third-order valence-electron chi connectivity index (χ3n) is 4.12. The van der Waals surface area contributed by atoms with Crippen molar-refractivity contribution in [2.24, 2.45) is 0 Å². The lowest BCUT2D eigenvalue weighted by Crippen LogP contribution is -2.36. The number of nitro benzene ring substituents is 1. The molecule has 1 fully saturated rings. The van der Waals surface area contributed by atoms with Crippen molar-refractivity contribution in [2.75, 3.05) is 31.2 Å². The summed E-state index contributed by atoms with van der Waals surface area (Å²) in [7, 11) is 0. The van der Waals surface area contributed by atoms with Crippen LogP contribution in [0.2, 0.25) is 0 Å². The summed E-state index contributed by atoms with van der Waals surface area (Å²) in [6, 6.07) is 4.50. The van der Waals surface area contributed by atoms with Crippen LogP contribution >= 0.6 is 0 Å². The molecule has 0 amide bonds. The third kappa shape index (κ3) is 3.96. The van der Waals surface area contributed by atoms with Gasteiger partial charge in [-0.05, 0) is 17.7 Å². The Balaban J connectivity index is 1.98. The van der Waals surface area contributed by atoms with E-state index >= 15 is 0 Å². The van der Waals surface area contributed by atoms with Crippen LogP contribution in [0.5, 0.6) is 0 Å². The fourth-order valence-electron chi connectivity index (χ4n) is 2.84. The number of aromatic nitrogens is 2. The predicted molar refractivity (Wildman–Crippen MR) is 99.4 cm³/mol. The normalized spacial score (nSPS) is 14.4. The first-order valence-corrected chi connectivity index (χ1v) is 8.17. The number of hydrogen-bond donors (Lipinski definition) is 2. The molecule has 2 N–H and O–H groups in total. The van der Waals surface area contributed by atoms with Crippen molar-refractivity contribution in [1.82, 2.24) is 9.97 Å². The molecule has 0 saturated carbocycles. The molecule has 0 spiro atoms. The highest BCUT2D eigenvalue weighted by atomic mass is 16.6. The van der Waals surface area contributed by atoms with Gasteiger partial charge in [0.25, 0.3) is 5.69 Å². The first-order chi connectivity index (χ1) is 13.4. The summed E-state index contributed by atoms with van der Waals surface area (Å²) in [4.78, 5) is 49.9. The van der Waals surface area contributed by atoms with E-state index in [0.29, 0.717) is 37.6 Å². The summed E-state index contributed by atoms with van der Waals surface area (Å²) in [6.45, 7) is 1.99. The van der Waals surface area contributed by atoms with Crippen LogP contribution in [0, 0.1) is 20.2 Å². The van der Waals surface area contributed by atoms with Gasteiger partial charge in [-0.1, -0.05) is 12.1 Å². The molecular weight excluding hydrogens is 374 g/mol. The van der Waals surface area contributed by atoms with Gasteiger partial charge in [-0.3, -0.25) is 30.0 Å². The molecule has 0 bridgehead atoms. The second kappa shape index (κ2) is 7.84. The van der Waals surface area contributed by atoms with Gasteiger partial charge in [-0.2, -0.15) is 0 Å². The van der Waals surface area contributed by atoms with Crippen molar-refractivity contribution >= 4 is 29.2 Å². The van der Waals surface area contributed by atoms with Crippen molar-refractivity contribution in [3.63, 3.8) is 0 Å². The minimum Gasteiger partial charge on any atom is -0.378 e. The number of rotatable bonds is 5. The molecule has 1 saturated heterocycles. The number of anilines is 1. The van der Waals surface area contributed by atoms with Gasteiger partial charge in [-0.25, -0.2) is 4.79 Å². The van der Waals surface area contributed by atoms with E-state index in [9.17, 15) is 29.8 Å². The highest BCUT2D eigenvalue weighted by molar-refractivity contribution is 5.75. The van der Waals surface area contributed by atoms with Crippen LogP contribution in [0.3, 0.4) is 0 Å². The second-order valence-electron chi connectivity index (χ2n) is 5.87. The van der Waals surface area contributed by atoms with Gasteiger partial charge in [0.1, 0.15) is 11.4 Å². The Morgan fingerprint density at radius 2 is 1.75 bits per heavy atom. The maximum absolute atomic E-state index is 11.6. The Bertz CT molecular complexity index is 1070. The molecular formula is C16H15N5O7. The van der Waals surface area contributed by atoms with Crippen LogP contribution in [0.15, 0.2) is 27.8 Å². The van der Waals surface area contributed by atoms with Crippen molar-refractivity contribution in [3.8, 4) is 0 Å². The molecule has 0 unspecified atom stereocenters. The van der Waals surface area contributed by atoms with Crippen molar-refractivity contribution in [1.29, 1.82) is 0 Å². The Morgan fingerprint density at radius 1 is 1.04 bits per heavy atom. The van der Waals surface area contributed by atoms with E-state index in [1.807, 2.05) is 4.90 Å². The molecule has 0 radical (unpaired) electrons. The Morgan fingerprint density at radius 3 is 2.39 bits per heavy atom. The number of nitro groups is 2. The minimum atomic E-state index is -1.14. The average Bonchev–Trinajstić information content (AvgIpc) is 2.66. The molecule has 12 heteroatoms. The monoisotopic (exact) mass is 389 g/mol. The number of nitrogens with zero attached hydrogens (tertiary/aromatic N) is 3. The predicted octanol–water partition coefficient (Wildman–Crippen LogP) is 0.887. The number of nitrogens with one attached hydrogen (secondary N) is 2. The number of ether oxygens (including phenoxy) is 1. The zero-order valence-electron chi connectivity index (χ0n) is 14.4. The highest BCUT2D eigenvalue weighted by Crippen LogP contribution is 2.30. The van der Waals surface area contributed by atoms with E-state index in [4.69, 9.17) is 4.74 Å². The van der Waals surface area contributed by atoms with Gasteiger partial charge >= 0.3 is 16.9 Å². The summed E-state index contributed by atoms with van der Waals surface area (Å²) >= 11 is 0. The molecule has 146 valence electrons. The van der Waals surface area contributed by atoms with E-state index in [-0.39, 0.29) is 11.4 Å². The van der Waals surface area contributed by atoms with Crippen LogP contribution in [0.1, 0.15) is 11.3 Å². The van der Waals surface area contributed by atoms with E-state index in [0.717, 1.165) is 6.08 Å².